The quantitative estimate of drug-likeness (QED) is 0.659. The molecule has 1 aliphatic heterocycles. The number of imide groups is 1. The van der Waals surface area contributed by atoms with Gasteiger partial charge in [0.2, 0.25) is 0 Å². The molecule has 1 saturated carbocycles. The number of likely N-dealkylation sites (N-methyl/N-ethyl adjacent to an activating group) is 1. The van der Waals surface area contributed by atoms with E-state index < -0.39 is 11.6 Å². The van der Waals surface area contributed by atoms with Crippen molar-refractivity contribution in [3.05, 3.63) is 35.4 Å². The molecule has 1 aromatic rings. The third kappa shape index (κ3) is 4.30. The van der Waals surface area contributed by atoms with Crippen LogP contribution in [0.15, 0.2) is 24.3 Å². The zero-order valence-electron chi connectivity index (χ0n) is 16.3. The minimum absolute atomic E-state index is 0.176. The number of urea groups is 1. The fourth-order valence-corrected chi connectivity index (χ4v) is 3.87. The molecule has 3 rings (SSSR count). The number of hydrogen-bond donors (Lipinski definition) is 3. The van der Waals surface area contributed by atoms with Gasteiger partial charge >= 0.3 is 6.03 Å². The van der Waals surface area contributed by atoms with E-state index in [1.165, 1.54) is 5.56 Å². The molecule has 7 heteroatoms. The van der Waals surface area contributed by atoms with Crippen molar-refractivity contribution in [3.8, 4) is 0 Å². The van der Waals surface area contributed by atoms with Gasteiger partial charge in [0.25, 0.3) is 11.8 Å². The summed E-state index contributed by atoms with van der Waals surface area (Å²) in [6.07, 6.45) is 3.06. The Hall–Kier alpha value is -2.41. The molecule has 1 aliphatic carbocycles. The zero-order chi connectivity index (χ0) is 19.6. The third-order valence-corrected chi connectivity index (χ3v) is 5.61. The highest BCUT2D eigenvalue weighted by Gasteiger charge is 2.52. The Labute approximate surface area is 160 Å². The van der Waals surface area contributed by atoms with Crippen molar-refractivity contribution >= 4 is 17.8 Å². The van der Waals surface area contributed by atoms with Gasteiger partial charge in [-0.2, -0.15) is 5.01 Å². The van der Waals surface area contributed by atoms with Crippen molar-refractivity contribution in [1.29, 1.82) is 0 Å². The fraction of sp³-hybridized carbons (Fsp3) is 0.550. The van der Waals surface area contributed by atoms with E-state index in [1.54, 1.807) is 0 Å². The van der Waals surface area contributed by atoms with Gasteiger partial charge in [0.15, 0.2) is 6.54 Å². The number of amides is 4. The third-order valence-electron chi connectivity index (χ3n) is 5.61. The first-order chi connectivity index (χ1) is 12.8. The summed E-state index contributed by atoms with van der Waals surface area (Å²) in [5.41, 5.74) is 3.99. The number of hydrazine groups is 1. The smallest absolute Gasteiger partial charge is 0.326 e. The van der Waals surface area contributed by atoms with Crippen LogP contribution in [-0.2, 0) is 16.1 Å². The van der Waals surface area contributed by atoms with Crippen molar-refractivity contribution in [2.45, 2.75) is 51.6 Å². The molecule has 1 unspecified atom stereocenters. The van der Waals surface area contributed by atoms with Crippen LogP contribution in [0.3, 0.4) is 0 Å². The Bertz CT molecular complexity index is 723. The second-order valence-corrected chi connectivity index (χ2v) is 8.17. The van der Waals surface area contributed by atoms with Gasteiger partial charge in [-0.3, -0.25) is 15.0 Å². The molecule has 0 aromatic heterocycles. The monoisotopic (exact) mass is 373 g/mol. The molecule has 4 amide bonds. The van der Waals surface area contributed by atoms with Crippen molar-refractivity contribution in [1.82, 2.24) is 15.8 Å². The molecule has 0 radical (unpaired) electrons. The van der Waals surface area contributed by atoms with E-state index in [9.17, 15) is 14.4 Å². The second kappa shape index (κ2) is 7.68. The highest BCUT2D eigenvalue weighted by molar-refractivity contribution is 6.08. The summed E-state index contributed by atoms with van der Waals surface area (Å²) in [5, 5.41) is 3.68. The number of benzene rings is 1. The maximum Gasteiger partial charge on any atom is 0.344 e. The first-order valence-electron chi connectivity index (χ1n) is 9.62. The molecular formula is C20H29N4O3+. The van der Waals surface area contributed by atoms with Gasteiger partial charge in [-0.25, -0.2) is 4.79 Å². The van der Waals surface area contributed by atoms with Crippen LogP contribution in [0, 0.1) is 12.8 Å². The lowest BCUT2D eigenvalue weighted by Gasteiger charge is -2.33. The predicted octanol–water partition coefficient (Wildman–Crippen LogP) is 0.542. The minimum Gasteiger partial charge on any atom is -0.326 e. The maximum atomic E-state index is 12.8. The molecule has 27 heavy (non-hydrogen) atoms. The fourth-order valence-electron chi connectivity index (χ4n) is 3.87. The van der Waals surface area contributed by atoms with Crippen molar-refractivity contribution in [2.24, 2.45) is 5.92 Å². The number of quaternary nitrogens is 1. The number of hydrogen-bond acceptors (Lipinski definition) is 3. The number of aryl methyl sites for hydroxylation is 1. The predicted molar refractivity (Wildman–Crippen MR) is 101 cm³/mol. The van der Waals surface area contributed by atoms with E-state index in [0.717, 1.165) is 28.3 Å². The molecule has 146 valence electrons. The molecular weight excluding hydrogens is 344 g/mol. The van der Waals surface area contributed by atoms with E-state index in [0.29, 0.717) is 25.3 Å². The van der Waals surface area contributed by atoms with Crippen LogP contribution < -0.4 is 15.6 Å². The number of nitrogens with one attached hydrogen (secondary N) is 3. The molecule has 7 nitrogen and oxygen atoms in total. The molecule has 1 heterocycles. The summed E-state index contributed by atoms with van der Waals surface area (Å²) < 4.78 is 0. The number of carbonyl (C=O) groups excluding carboxylic acids is 3. The minimum atomic E-state index is -0.836. The average molecular weight is 373 g/mol. The number of nitrogens with zero attached hydrogens (tertiary/aromatic N) is 1. The summed E-state index contributed by atoms with van der Waals surface area (Å²) >= 11 is 0. The largest absolute Gasteiger partial charge is 0.344 e. The van der Waals surface area contributed by atoms with Gasteiger partial charge in [0.1, 0.15) is 12.1 Å². The molecule has 2 aliphatic rings. The lowest BCUT2D eigenvalue weighted by molar-refractivity contribution is -0.885. The van der Waals surface area contributed by atoms with E-state index in [2.05, 4.69) is 17.7 Å². The molecule has 2 fully saturated rings. The Kier molecular flexibility index (Phi) is 5.51. The summed E-state index contributed by atoms with van der Waals surface area (Å²) in [6.45, 7) is 5.05. The lowest BCUT2D eigenvalue weighted by atomic mass is 9.77. The topological polar surface area (TPSA) is 82.9 Å². The van der Waals surface area contributed by atoms with Crippen molar-refractivity contribution in [2.75, 3.05) is 13.6 Å². The molecule has 1 saturated heterocycles. The Morgan fingerprint density at radius 3 is 2.52 bits per heavy atom. The molecule has 1 spiro atoms. The first kappa shape index (κ1) is 19.4. The normalized spacial score (nSPS) is 26.2. The van der Waals surface area contributed by atoms with E-state index >= 15 is 0 Å². The maximum absolute atomic E-state index is 12.8. The highest BCUT2D eigenvalue weighted by Crippen LogP contribution is 2.35. The zero-order valence-corrected chi connectivity index (χ0v) is 16.3. The van der Waals surface area contributed by atoms with Crippen LogP contribution >= 0.6 is 0 Å². The van der Waals surface area contributed by atoms with Crippen LogP contribution in [-0.4, -0.2) is 42.0 Å². The van der Waals surface area contributed by atoms with Crippen LogP contribution in [0.5, 0.6) is 0 Å². The van der Waals surface area contributed by atoms with Gasteiger partial charge in [-0.15, -0.1) is 0 Å². The van der Waals surface area contributed by atoms with Crippen LogP contribution in [0.25, 0.3) is 0 Å². The summed E-state index contributed by atoms with van der Waals surface area (Å²) in [6, 6.07) is 7.64. The van der Waals surface area contributed by atoms with Crippen LogP contribution in [0.2, 0.25) is 0 Å². The molecule has 1 atom stereocenters. The summed E-state index contributed by atoms with van der Waals surface area (Å²) in [5.74, 6) is -0.115. The van der Waals surface area contributed by atoms with E-state index in [-0.39, 0.29) is 18.4 Å². The van der Waals surface area contributed by atoms with Gasteiger partial charge in [0.05, 0.1) is 7.05 Å². The van der Waals surface area contributed by atoms with Gasteiger partial charge in [-0.1, -0.05) is 36.8 Å². The van der Waals surface area contributed by atoms with Crippen molar-refractivity contribution in [3.63, 3.8) is 0 Å². The second-order valence-electron chi connectivity index (χ2n) is 8.17. The average Bonchev–Trinajstić information content (AvgIpc) is 2.84. The standard InChI is InChI=1S/C20H28N4O3/c1-14-4-6-16(7-5-14)12-23(3)13-17(25)22-24-18(26)20(21-19(24)27)10-8-15(2)9-11-20/h4-7,15H,8-13H2,1-3H3,(H,21,27)(H,22,25)/p+1. The van der Waals surface area contributed by atoms with Crippen molar-refractivity contribution < 1.29 is 19.3 Å². The van der Waals surface area contributed by atoms with E-state index in [4.69, 9.17) is 0 Å². The summed E-state index contributed by atoms with van der Waals surface area (Å²) in [4.78, 5) is 38.4. The van der Waals surface area contributed by atoms with Gasteiger partial charge in [-0.05, 0) is 38.5 Å². The molecule has 1 aromatic carbocycles. The highest BCUT2D eigenvalue weighted by atomic mass is 16.2. The van der Waals surface area contributed by atoms with E-state index in [1.807, 2.05) is 38.2 Å². The molecule has 3 N–H and O–H groups in total. The van der Waals surface area contributed by atoms with Gasteiger partial charge < -0.3 is 10.2 Å². The number of carbonyl (C=O) groups is 3. The molecule has 0 bridgehead atoms. The van der Waals surface area contributed by atoms with Crippen LogP contribution in [0.1, 0.15) is 43.7 Å². The lowest BCUT2D eigenvalue weighted by Crippen LogP contribution is -3.09. The SMILES string of the molecule is Cc1ccc(C[NH+](C)CC(=O)NN2C(=O)NC3(CCC(C)CC3)C2=O)cc1. The Morgan fingerprint density at radius 2 is 1.89 bits per heavy atom. The number of rotatable bonds is 5. The Morgan fingerprint density at radius 1 is 1.26 bits per heavy atom. The van der Waals surface area contributed by atoms with Crippen LogP contribution in [0.4, 0.5) is 4.79 Å². The van der Waals surface area contributed by atoms with Gasteiger partial charge in [0, 0.05) is 5.56 Å². The Balaban J connectivity index is 1.55. The summed E-state index contributed by atoms with van der Waals surface area (Å²) in [7, 11) is 1.91. The first-order valence-corrected chi connectivity index (χ1v) is 9.62.